The van der Waals surface area contributed by atoms with E-state index in [4.69, 9.17) is 4.74 Å². The van der Waals surface area contributed by atoms with E-state index in [1.54, 1.807) is 6.20 Å². The zero-order valence-electron chi connectivity index (χ0n) is 14.5. The summed E-state index contributed by atoms with van der Waals surface area (Å²) < 4.78 is 6.62. The Morgan fingerprint density at radius 1 is 1.27 bits per heavy atom. The highest BCUT2D eigenvalue weighted by molar-refractivity contribution is 5.90. The number of methoxy groups -OCH3 is 1. The molecule has 3 aromatic rings. The summed E-state index contributed by atoms with van der Waals surface area (Å²) >= 11 is 0. The molecule has 1 aromatic carbocycles. The molecular formula is C19H19N5O2. The fraction of sp³-hybridized carbons (Fsp3) is 0.263. The van der Waals surface area contributed by atoms with Crippen molar-refractivity contribution in [3.8, 4) is 0 Å². The summed E-state index contributed by atoms with van der Waals surface area (Å²) in [5.41, 5.74) is 4.90. The van der Waals surface area contributed by atoms with E-state index < -0.39 is 0 Å². The van der Waals surface area contributed by atoms with Crippen molar-refractivity contribution in [2.45, 2.75) is 19.5 Å². The fourth-order valence-corrected chi connectivity index (χ4v) is 3.24. The molecule has 26 heavy (non-hydrogen) atoms. The highest BCUT2D eigenvalue weighted by Gasteiger charge is 2.21. The number of anilines is 1. The number of hydrogen-bond donors (Lipinski definition) is 0. The molecule has 0 saturated heterocycles. The molecule has 0 atom stereocenters. The van der Waals surface area contributed by atoms with Gasteiger partial charge in [0.05, 0.1) is 32.0 Å². The molecule has 0 saturated carbocycles. The highest BCUT2D eigenvalue weighted by Crippen LogP contribution is 2.30. The van der Waals surface area contributed by atoms with Crippen LogP contribution < -0.4 is 4.90 Å². The maximum atomic E-state index is 11.7. The molecule has 2 aromatic heterocycles. The number of carbonyl (C=O) groups is 1. The molecule has 0 fully saturated rings. The monoisotopic (exact) mass is 349 g/mol. The topological polar surface area (TPSA) is 73.1 Å². The number of fused-ring (bicyclic) bond motifs is 1. The first-order valence-electron chi connectivity index (χ1n) is 8.47. The van der Waals surface area contributed by atoms with E-state index in [0.717, 1.165) is 35.5 Å². The Bertz CT molecular complexity index is 923. The van der Waals surface area contributed by atoms with E-state index in [0.29, 0.717) is 18.7 Å². The number of hydrogen-bond acceptors (Lipinski definition) is 6. The van der Waals surface area contributed by atoms with E-state index in [1.807, 2.05) is 47.4 Å². The van der Waals surface area contributed by atoms with Gasteiger partial charge in [-0.05, 0) is 41.8 Å². The standard InChI is InChI=1S/C19H19N5O2/c1-26-19(25)16-4-5-18-15(9-16)6-8-23(18)12-17-13-24(22-21-17)11-14-3-2-7-20-10-14/h2-5,7,9-10,13H,6,8,11-12H2,1H3. The molecule has 132 valence electrons. The normalized spacial score (nSPS) is 12.9. The van der Waals surface area contributed by atoms with Gasteiger partial charge in [0.2, 0.25) is 0 Å². The van der Waals surface area contributed by atoms with E-state index in [-0.39, 0.29) is 5.97 Å². The highest BCUT2D eigenvalue weighted by atomic mass is 16.5. The first kappa shape index (κ1) is 16.3. The molecule has 0 unspecified atom stereocenters. The van der Waals surface area contributed by atoms with Gasteiger partial charge < -0.3 is 9.64 Å². The van der Waals surface area contributed by atoms with Crippen LogP contribution in [0.15, 0.2) is 48.9 Å². The zero-order chi connectivity index (χ0) is 17.9. The summed E-state index contributed by atoms with van der Waals surface area (Å²) in [4.78, 5) is 18.1. The largest absolute Gasteiger partial charge is 0.465 e. The van der Waals surface area contributed by atoms with E-state index >= 15 is 0 Å². The second kappa shape index (κ2) is 6.95. The van der Waals surface area contributed by atoms with Crippen LogP contribution in [0.5, 0.6) is 0 Å². The Labute approximate surface area is 151 Å². The number of carbonyl (C=O) groups excluding carboxylic acids is 1. The zero-order valence-corrected chi connectivity index (χ0v) is 14.5. The van der Waals surface area contributed by atoms with Gasteiger partial charge in [-0.25, -0.2) is 9.48 Å². The number of aromatic nitrogens is 4. The molecular weight excluding hydrogens is 330 g/mol. The minimum absolute atomic E-state index is 0.301. The maximum Gasteiger partial charge on any atom is 0.337 e. The molecule has 0 N–H and O–H groups in total. The van der Waals surface area contributed by atoms with Crippen LogP contribution in [0.2, 0.25) is 0 Å². The first-order valence-corrected chi connectivity index (χ1v) is 8.47. The SMILES string of the molecule is COC(=O)c1ccc2c(c1)CCN2Cc1cn(Cc2cccnc2)nn1. The van der Waals surface area contributed by atoms with Crippen molar-refractivity contribution < 1.29 is 9.53 Å². The van der Waals surface area contributed by atoms with Crippen molar-refractivity contribution in [3.63, 3.8) is 0 Å². The molecule has 0 bridgehead atoms. The van der Waals surface area contributed by atoms with Crippen LogP contribution in [0.4, 0.5) is 5.69 Å². The predicted octanol–water partition coefficient (Wildman–Crippen LogP) is 2.07. The summed E-state index contributed by atoms with van der Waals surface area (Å²) in [7, 11) is 1.40. The van der Waals surface area contributed by atoms with E-state index in [2.05, 4.69) is 20.2 Å². The van der Waals surface area contributed by atoms with Crippen molar-refractivity contribution in [2.24, 2.45) is 0 Å². The third-order valence-corrected chi connectivity index (χ3v) is 4.50. The van der Waals surface area contributed by atoms with Crippen LogP contribution in [-0.2, 0) is 24.2 Å². The second-order valence-electron chi connectivity index (χ2n) is 6.28. The summed E-state index contributed by atoms with van der Waals surface area (Å²) in [6, 6.07) is 9.64. The molecule has 0 radical (unpaired) electrons. The molecule has 0 spiro atoms. The van der Waals surface area contributed by atoms with Gasteiger partial charge in [-0.2, -0.15) is 0 Å². The Morgan fingerprint density at radius 3 is 3.00 bits per heavy atom. The maximum absolute atomic E-state index is 11.7. The molecule has 1 aliphatic heterocycles. The number of esters is 1. The quantitative estimate of drug-likeness (QED) is 0.657. The lowest BCUT2D eigenvalue weighted by Gasteiger charge is -2.17. The van der Waals surface area contributed by atoms with Gasteiger partial charge in [-0.15, -0.1) is 5.10 Å². The second-order valence-corrected chi connectivity index (χ2v) is 6.28. The summed E-state index contributed by atoms with van der Waals surface area (Å²) in [5.74, 6) is -0.301. The Morgan fingerprint density at radius 2 is 2.19 bits per heavy atom. The lowest BCUT2D eigenvalue weighted by atomic mass is 10.1. The van der Waals surface area contributed by atoms with Gasteiger partial charge >= 0.3 is 5.97 Å². The van der Waals surface area contributed by atoms with Gasteiger partial charge in [-0.3, -0.25) is 4.98 Å². The van der Waals surface area contributed by atoms with Crippen molar-refractivity contribution in [1.82, 2.24) is 20.0 Å². The van der Waals surface area contributed by atoms with Crippen LogP contribution >= 0.6 is 0 Å². The number of rotatable bonds is 5. The molecule has 3 heterocycles. The lowest BCUT2D eigenvalue weighted by Crippen LogP contribution is -2.19. The van der Waals surface area contributed by atoms with Crippen molar-refractivity contribution in [3.05, 3.63) is 71.3 Å². The molecule has 0 aliphatic carbocycles. The third-order valence-electron chi connectivity index (χ3n) is 4.50. The lowest BCUT2D eigenvalue weighted by molar-refractivity contribution is 0.0600. The molecule has 1 aliphatic rings. The molecule has 0 amide bonds. The van der Waals surface area contributed by atoms with Gasteiger partial charge in [0.1, 0.15) is 5.69 Å². The number of benzene rings is 1. The minimum atomic E-state index is -0.301. The fourth-order valence-electron chi connectivity index (χ4n) is 3.24. The summed E-state index contributed by atoms with van der Waals surface area (Å²) in [6.07, 6.45) is 6.46. The van der Waals surface area contributed by atoms with E-state index in [1.165, 1.54) is 7.11 Å². The average molecular weight is 349 g/mol. The van der Waals surface area contributed by atoms with E-state index in [9.17, 15) is 4.79 Å². The first-order chi connectivity index (χ1) is 12.7. The van der Waals surface area contributed by atoms with Crippen molar-refractivity contribution >= 4 is 11.7 Å². The van der Waals surface area contributed by atoms with Crippen LogP contribution in [-0.4, -0.2) is 39.6 Å². The van der Waals surface area contributed by atoms with Crippen molar-refractivity contribution in [2.75, 3.05) is 18.6 Å². The molecule has 7 heteroatoms. The van der Waals surface area contributed by atoms with Crippen LogP contribution in [0.1, 0.15) is 27.2 Å². The van der Waals surface area contributed by atoms with Gasteiger partial charge in [0, 0.05) is 24.6 Å². The summed E-state index contributed by atoms with van der Waals surface area (Å²) in [6.45, 7) is 2.24. The van der Waals surface area contributed by atoms with Crippen molar-refractivity contribution in [1.29, 1.82) is 0 Å². The summed E-state index contributed by atoms with van der Waals surface area (Å²) in [5, 5.41) is 8.49. The predicted molar refractivity (Wildman–Crippen MR) is 95.9 cm³/mol. The van der Waals surface area contributed by atoms with Gasteiger partial charge in [-0.1, -0.05) is 11.3 Å². The number of nitrogens with zero attached hydrogens (tertiary/aromatic N) is 5. The van der Waals surface area contributed by atoms with Gasteiger partial charge in [0.25, 0.3) is 0 Å². The smallest absolute Gasteiger partial charge is 0.337 e. The average Bonchev–Trinajstić information content (AvgIpc) is 3.29. The van der Waals surface area contributed by atoms with Crippen LogP contribution in [0, 0.1) is 0 Å². The van der Waals surface area contributed by atoms with Crippen LogP contribution in [0.3, 0.4) is 0 Å². The van der Waals surface area contributed by atoms with Crippen LogP contribution in [0.25, 0.3) is 0 Å². The molecule has 4 rings (SSSR count). The number of pyridine rings is 1. The third kappa shape index (κ3) is 3.28. The Balaban J connectivity index is 1.46. The Hall–Kier alpha value is -3.22. The molecule has 7 nitrogen and oxygen atoms in total. The van der Waals surface area contributed by atoms with Gasteiger partial charge in [0.15, 0.2) is 0 Å². The Kier molecular flexibility index (Phi) is 4.35. The minimum Gasteiger partial charge on any atom is -0.465 e. The number of ether oxygens (including phenoxy) is 1.